The summed E-state index contributed by atoms with van der Waals surface area (Å²) >= 11 is 6.39. The molecule has 2 aromatic rings. The van der Waals surface area contributed by atoms with Crippen LogP contribution in [0.15, 0.2) is 24.3 Å². The minimum atomic E-state index is -0.0588. The minimum Gasteiger partial charge on any atom is -0.333 e. The molecule has 0 bridgehead atoms. The Balaban J connectivity index is 1.67. The molecule has 1 saturated heterocycles. The standard InChI is InChI=1S/C20H26ClN5O/c1-2-13-25(15-9-11-22-12-10-15)20(27)18-23-19(14-7-8-14)26(24-18)17-6-4-3-5-16(17)21/h3-6,14-15,22H,2,7-13H2,1H3. The van der Waals surface area contributed by atoms with Crippen LogP contribution in [0.2, 0.25) is 5.02 Å². The smallest absolute Gasteiger partial charge is 0.293 e. The van der Waals surface area contributed by atoms with Crippen molar-refractivity contribution >= 4 is 17.5 Å². The third-order valence-corrected chi connectivity index (χ3v) is 5.64. The number of halogens is 1. The average Bonchev–Trinajstić information content (AvgIpc) is 3.45. The van der Waals surface area contributed by atoms with Crippen LogP contribution in [0.3, 0.4) is 0 Å². The van der Waals surface area contributed by atoms with Gasteiger partial charge in [0.25, 0.3) is 5.91 Å². The Morgan fingerprint density at radius 2 is 2.00 bits per heavy atom. The first-order valence-electron chi connectivity index (χ1n) is 9.92. The first-order chi connectivity index (χ1) is 13.2. The van der Waals surface area contributed by atoms with Crippen molar-refractivity contribution in [3.05, 3.63) is 40.9 Å². The summed E-state index contributed by atoms with van der Waals surface area (Å²) in [4.78, 5) is 19.9. The minimum absolute atomic E-state index is 0.0588. The molecule has 1 aliphatic carbocycles. The summed E-state index contributed by atoms with van der Waals surface area (Å²) in [5.74, 6) is 1.46. The van der Waals surface area contributed by atoms with Gasteiger partial charge in [-0.2, -0.15) is 0 Å². The summed E-state index contributed by atoms with van der Waals surface area (Å²) in [5.41, 5.74) is 0.788. The predicted molar refractivity (Wildman–Crippen MR) is 106 cm³/mol. The van der Waals surface area contributed by atoms with E-state index in [0.29, 0.717) is 16.8 Å². The molecule has 0 atom stereocenters. The van der Waals surface area contributed by atoms with Crippen LogP contribution in [-0.4, -0.2) is 51.2 Å². The van der Waals surface area contributed by atoms with E-state index in [1.807, 2.05) is 29.2 Å². The SMILES string of the molecule is CCCN(C(=O)c1nc(C2CC2)n(-c2ccccc2Cl)n1)C1CCNCC1. The quantitative estimate of drug-likeness (QED) is 0.825. The monoisotopic (exact) mass is 387 g/mol. The third-order valence-electron chi connectivity index (χ3n) is 5.32. The highest BCUT2D eigenvalue weighted by molar-refractivity contribution is 6.32. The molecule has 1 N–H and O–H groups in total. The second kappa shape index (κ2) is 7.98. The van der Waals surface area contributed by atoms with Crippen LogP contribution in [0.4, 0.5) is 0 Å². The Labute approximate surface area is 164 Å². The summed E-state index contributed by atoms with van der Waals surface area (Å²) in [6, 6.07) is 7.85. The Hall–Kier alpha value is -1.92. The highest BCUT2D eigenvalue weighted by atomic mass is 35.5. The van der Waals surface area contributed by atoms with Crippen LogP contribution in [0.1, 0.15) is 61.4 Å². The number of nitrogens with one attached hydrogen (secondary N) is 1. The van der Waals surface area contributed by atoms with Gasteiger partial charge >= 0.3 is 0 Å². The largest absolute Gasteiger partial charge is 0.333 e. The van der Waals surface area contributed by atoms with E-state index in [4.69, 9.17) is 11.6 Å². The van der Waals surface area contributed by atoms with Crippen LogP contribution in [0, 0.1) is 0 Å². The zero-order chi connectivity index (χ0) is 18.8. The molecule has 2 heterocycles. The van der Waals surface area contributed by atoms with Gasteiger partial charge in [-0.1, -0.05) is 30.7 Å². The van der Waals surface area contributed by atoms with E-state index in [1.54, 1.807) is 4.68 Å². The Bertz CT molecular complexity index is 810. The molecule has 0 spiro atoms. The van der Waals surface area contributed by atoms with E-state index < -0.39 is 0 Å². The zero-order valence-corrected chi connectivity index (χ0v) is 16.5. The van der Waals surface area contributed by atoms with E-state index >= 15 is 0 Å². The Morgan fingerprint density at radius 3 is 2.67 bits per heavy atom. The van der Waals surface area contributed by atoms with Gasteiger partial charge in [-0.15, -0.1) is 5.10 Å². The summed E-state index contributed by atoms with van der Waals surface area (Å²) in [6.45, 7) is 4.75. The number of benzene rings is 1. The van der Waals surface area contributed by atoms with Crippen LogP contribution >= 0.6 is 11.6 Å². The van der Waals surface area contributed by atoms with Gasteiger partial charge in [0.05, 0.1) is 10.7 Å². The van der Waals surface area contributed by atoms with Crippen LogP contribution in [-0.2, 0) is 0 Å². The van der Waals surface area contributed by atoms with Crippen LogP contribution < -0.4 is 5.32 Å². The molecule has 6 nitrogen and oxygen atoms in total. The zero-order valence-electron chi connectivity index (χ0n) is 15.7. The van der Waals surface area contributed by atoms with Crippen molar-refractivity contribution in [1.82, 2.24) is 25.0 Å². The lowest BCUT2D eigenvalue weighted by Crippen LogP contribution is -2.46. The van der Waals surface area contributed by atoms with Crippen molar-refractivity contribution in [2.24, 2.45) is 0 Å². The van der Waals surface area contributed by atoms with Gasteiger partial charge in [0.2, 0.25) is 5.82 Å². The van der Waals surface area contributed by atoms with Crippen molar-refractivity contribution in [3.63, 3.8) is 0 Å². The maximum absolute atomic E-state index is 13.3. The number of carbonyl (C=O) groups excluding carboxylic acids is 1. The molecular weight excluding hydrogens is 362 g/mol. The lowest BCUT2D eigenvalue weighted by molar-refractivity contribution is 0.0630. The Morgan fingerprint density at radius 1 is 1.26 bits per heavy atom. The van der Waals surface area contributed by atoms with Crippen molar-refractivity contribution in [3.8, 4) is 5.69 Å². The van der Waals surface area contributed by atoms with Gasteiger partial charge in [-0.25, -0.2) is 9.67 Å². The number of aromatic nitrogens is 3. The molecule has 27 heavy (non-hydrogen) atoms. The highest BCUT2D eigenvalue weighted by Crippen LogP contribution is 2.40. The van der Waals surface area contributed by atoms with Crippen molar-refractivity contribution in [2.75, 3.05) is 19.6 Å². The second-order valence-corrected chi connectivity index (χ2v) is 7.82. The van der Waals surface area contributed by atoms with E-state index in [-0.39, 0.29) is 11.9 Å². The molecule has 2 fully saturated rings. The maximum atomic E-state index is 13.3. The predicted octanol–water partition coefficient (Wildman–Crippen LogP) is 3.40. The summed E-state index contributed by atoms with van der Waals surface area (Å²) in [6.07, 6.45) is 5.06. The number of rotatable bonds is 6. The molecule has 1 aliphatic heterocycles. The third kappa shape index (κ3) is 3.87. The van der Waals surface area contributed by atoms with Crippen molar-refractivity contribution < 1.29 is 4.79 Å². The van der Waals surface area contributed by atoms with Gasteiger partial charge in [-0.3, -0.25) is 4.79 Å². The lowest BCUT2D eigenvalue weighted by Gasteiger charge is -2.33. The fraction of sp³-hybridized carbons (Fsp3) is 0.550. The average molecular weight is 388 g/mol. The molecule has 1 aromatic heterocycles. The summed E-state index contributed by atoms with van der Waals surface area (Å²) in [7, 11) is 0. The number of piperidine rings is 1. The summed E-state index contributed by atoms with van der Waals surface area (Å²) in [5, 5.41) is 8.60. The highest BCUT2D eigenvalue weighted by Gasteiger charge is 2.34. The van der Waals surface area contributed by atoms with Crippen molar-refractivity contribution in [1.29, 1.82) is 0 Å². The number of para-hydroxylation sites is 1. The topological polar surface area (TPSA) is 63.1 Å². The summed E-state index contributed by atoms with van der Waals surface area (Å²) < 4.78 is 1.78. The molecule has 0 unspecified atom stereocenters. The van der Waals surface area contributed by atoms with Gasteiger partial charge in [-0.05, 0) is 57.3 Å². The first-order valence-corrected chi connectivity index (χ1v) is 10.3. The molecule has 2 aliphatic rings. The lowest BCUT2D eigenvalue weighted by atomic mass is 10.0. The van der Waals surface area contributed by atoms with E-state index in [2.05, 4.69) is 22.3 Å². The number of nitrogens with zero attached hydrogens (tertiary/aromatic N) is 4. The number of hydrogen-bond acceptors (Lipinski definition) is 4. The van der Waals surface area contributed by atoms with Gasteiger partial charge in [0.1, 0.15) is 5.82 Å². The normalized spacial score (nSPS) is 17.9. The Kier molecular flexibility index (Phi) is 5.45. The number of carbonyl (C=O) groups is 1. The van der Waals surface area contributed by atoms with Gasteiger partial charge in [0, 0.05) is 18.5 Å². The van der Waals surface area contributed by atoms with Gasteiger partial charge < -0.3 is 10.2 Å². The maximum Gasteiger partial charge on any atom is 0.293 e. The van der Waals surface area contributed by atoms with Crippen LogP contribution in [0.5, 0.6) is 0 Å². The molecule has 1 aromatic carbocycles. The van der Waals surface area contributed by atoms with Crippen molar-refractivity contribution in [2.45, 2.75) is 51.0 Å². The molecule has 144 valence electrons. The second-order valence-electron chi connectivity index (χ2n) is 7.41. The van der Waals surface area contributed by atoms with Crippen LogP contribution in [0.25, 0.3) is 5.69 Å². The molecule has 7 heteroatoms. The number of amides is 1. The molecule has 1 amide bonds. The fourth-order valence-corrected chi connectivity index (χ4v) is 3.97. The van der Waals surface area contributed by atoms with Gasteiger partial charge in [0.15, 0.2) is 0 Å². The fourth-order valence-electron chi connectivity index (χ4n) is 3.76. The molecular formula is C20H26ClN5O. The molecule has 1 saturated carbocycles. The van der Waals surface area contributed by atoms with E-state index in [0.717, 1.165) is 63.3 Å². The molecule has 0 radical (unpaired) electrons. The molecule has 4 rings (SSSR count). The van der Waals surface area contributed by atoms with E-state index in [1.165, 1.54) is 0 Å². The number of hydrogen-bond donors (Lipinski definition) is 1. The van der Waals surface area contributed by atoms with E-state index in [9.17, 15) is 4.79 Å². The first kappa shape index (κ1) is 18.4.